The highest BCUT2D eigenvalue weighted by Gasteiger charge is 2.45. The summed E-state index contributed by atoms with van der Waals surface area (Å²) in [5.74, 6) is -4.56. The zero-order valence-corrected chi connectivity index (χ0v) is 16.1. The number of nitrogens with one attached hydrogen (secondary N) is 1. The number of methoxy groups -OCH3 is 1. The third kappa shape index (κ3) is 5.19. The molecular formula is C21H20FNO7. The lowest BCUT2D eigenvalue weighted by Gasteiger charge is -2.30. The van der Waals surface area contributed by atoms with E-state index < -0.39 is 29.7 Å². The minimum Gasteiger partial charge on any atom is -0.457 e. The molecule has 1 amide bonds. The van der Waals surface area contributed by atoms with Gasteiger partial charge in [0.25, 0.3) is 11.6 Å². The van der Waals surface area contributed by atoms with Crippen molar-refractivity contribution in [2.24, 2.45) is 0 Å². The lowest BCUT2D eigenvalue weighted by Crippen LogP contribution is -2.46. The summed E-state index contributed by atoms with van der Waals surface area (Å²) in [5, 5.41) is 13.1. The second kappa shape index (κ2) is 9.02. The Hall–Kier alpha value is -3.30. The van der Waals surface area contributed by atoms with Gasteiger partial charge >= 0.3 is 0 Å². The third-order valence-electron chi connectivity index (χ3n) is 4.30. The molecule has 2 N–H and O–H groups in total. The van der Waals surface area contributed by atoms with Crippen LogP contribution in [0.1, 0.15) is 28.3 Å². The second-order valence-corrected chi connectivity index (χ2v) is 6.75. The normalized spacial score (nSPS) is 18.5. The summed E-state index contributed by atoms with van der Waals surface area (Å²) < 4.78 is 28.5. The van der Waals surface area contributed by atoms with Gasteiger partial charge < -0.3 is 24.3 Å². The van der Waals surface area contributed by atoms with Crippen molar-refractivity contribution in [3.8, 4) is 0 Å². The molecule has 0 fully saturated rings. The number of benzene rings is 1. The maximum atomic E-state index is 13.0. The molecule has 2 heterocycles. The van der Waals surface area contributed by atoms with Crippen LogP contribution in [-0.4, -0.2) is 48.6 Å². The van der Waals surface area contributed by atoms with Gasteiger partial charge in [0.2, 0.25) is 5.91 Å². The molecule has 3 rings (SSSR count). The fraction of sp³-hybridized carbons (Fsp3) is 0.286. The van der Waals surface area contributed by atoms with Crippen molar-refractivity contribution in [3.05, 3.63) is 71.1 Å². The molecule has 158 valence electrons. The van der Waals surface area contributed by atoms with Crippen LogP contribution in [0.2, 0.25) is 0 Å². The number of Topliss-reactive ketones (excluding diaryl/α,β-unsaturated/α-hetero) is 1. The summed E-state index contributed by atoms with van der Waals surface area (Å²) in [6.07, 6.45) is 0.828. The van der Waals surface area contributed by atoms with Gasteiger partial charge in [0.1, 0.15) is 23.9 Å². The molecule has 1 unspecified atom stereocenters. The maximum Gasteiger partial charge on any atom is 0.282 e. The van der Waals surface area contributed by atoms with E-state index in [0.29, 0.717) is 12.2 Å². The molecule has 0 aliphatic carbocycles. The fourth-order valence-electron chi connectivity index (χ4n) is 2.92. The molecule has 9 heteroatoms. The van der Waals surface area contributed by atoms with E-state index in [-0.39, 0.29) is 30.5 Å². The van der Waals surface area contributed by atoms with Crippen LogP contribution >= 0.6 is 0 Å². The number of furan rings is 1. The van der Waals surface area contributed by atoms with Crippen LogP contribution in [0.4, 0.5) is 4.39 Å². The highest BCUT2D eigenvalue weighted by atomic mass is 19.1. The Morgan fingerprint density at radius 3 is 2.67 bits per heavy atom. The average molecular weight is 417 g/mol. The topological polar surface area (TPSA) is 115 Å². The van der Waals surface area contributed by atoms with E-state index in [9.17, 15) is 23.9 Å². The quantitative estimate of drug-likeness (QED) is 0.626. The summed E-state index contributed by atoms with van der Waals surface area (Å²) >= 11 is 0. The van der Waals surface area contributed by atoms with Gasteiger partial charge in [-0.15, -0.1) is 0 Å². The van der Waals surface area contributed by atoms with Gasteiger partial charge in [-0.3, -0.25) is 14.4 Å². The Kier molecular flexibility index (Phi) is 6.43. The van der Waals surface area contributed by atoms with Crippen LogP contribution < -0.4 is 5.32 Å². The average Bonchev–Trinajstić information content (AvgIpc) is 3.15. The lowest BCUT2D eigenvalue weighted by molar-refractivity contribution is -0.161. The first-order valence-electron chi connectivity index (χ1n) is 9.07. The van der Waals surface area contributed by atoms with E-state index in [2.05, 4.69) is 10.1 Å². The van der Waals surface area contributed by atoms with Gasteiger partial charge in [-0.05, 0) is 29.8 Å². The molecular weight excluding hydrogens is 397 g/mol. The highest BCUT2D eigenvalue weighted by Crippen LogP contribution is 2.28. The van der Waals surface area contributed by atoms with Crippen molar-refractivity contribution in [3.63, 3.8) is 0 Å². The number of carbonyl (C=O) groups is 3. The Morgan fingerprint density at radius 1 is 1.23 bits per heavy atom. The van der Waals surface area contributed by atoms with Crippen LogP contribution in [0.3, 0.4) is 0 Å². The van der Waals surface area contributed by atoms with Crippen molar-refractivity contribution in [2.45, 2.75) is 18.6 Å². The number of ketones is 2. The molecule has 0 saturated heterocycles. The minimum absolute atomic E-state index is 0.0651. The van der Waals surface area contributed by atoms with Gasteiger partial charge in [-0.1, -0.05) is 12.1 Å². The molecule has 30 heavy (non-hydrogen) atoms. The monoisotopic (exact) mass is 417 g/mol. The number of hydrogen-bond donors (Lipinski definition) is 2. The number of ether oxygens (including phenoxy) is 2. The van der Waals surface area contributed by atoms with Crippen LogP contribution in [0.15, 0.2) is 52.7 Å². The number of halogens is 1. The summed E-state index contributed by atoms with van der Waals surface area (Å²) in [7, 11) is 1.35. The molecule has 0 radical (unpaired) electrons. The van der Waals surface area contributed by atoms with Gasteiger partial charge in [-0.25, -0.2) is 4.39 Å². The molecule has 1 atom stereocenters. The first-order valence-corrected chi connectivity index (χ1v) is 9.07. The van der Waals surface area contributed by atoms with E-state index in [4.69, 9.17) is 9.15 Å². The predicted molar refractivity (Wildman–Crippen MR) is 101 cm³/mol. The van der Waals surface area contributed by atoms with Crippen molar-refractivity contribution >= 4 is 17.5 Å². The molecule has 2 aromatic rings. The van der Waals surface area contributed by atoms with E-state index in [1.807, 2.05) is 0 Å². The van der Waals surface area contributed by atoms with E-state index in [1.54, 1.807) is 18.2 Å². The van der Waals surface area contributed by atoms with Crippen molar-refractivity contribution in [1.29, 1.82) is 0 Å². The predicted octanol–water partition coefficient (Wildman–Crippen LogP) is 1.52. The van der Waals surface area contributed by atoms with Gasteiger partial charge in [0.05, 0.1) is 13.0 Å². The number of hydrogen-bond acceptors (Lipinski definition) is 7. The highest BCUT2D eigenvalue weighted by molar-refractivity contribution is 6.04. The SMILES string of the molecule is COCC(=O)NCC1=CC(=O)CC(O)(C(=O)c2ccc(Cc3ccc(F)cc3)o2)O1. The zero-order valence-electron chi connectivity index (χ0n) is 16.1. The Labute approximate surface area is 171 Å². The Bertz CT molecular complexity index is 979. The molecule has 1 aromatic carbocycles. The Morgan fingerprint density at radius 2 is 1.97 bits per heavy atom. The first-order chi connectivity index (χ1) is 14.3. The number of aliphatic hydroxyl groups is 1. The van der Waals surface area contributed by atoms with Gasteiger partial charge in [0, 0.05) is 19.6 Å². The number of allylic oxidation sites excluding steroid dienone is 1. The maximum absolute atomic E-state index is 13.0. The standard InChI is InChI=1S/C21H20FNO7/c1-28-12-19(25)23-11-17-9-15(24)10-21(27,30-17)20(26)18-7-6-16(29-18)8-13-2-4-14(22)5-3-13/h2-7,9,27H,8,10-12H2,1H3,(H,23,25). The molecule has 1 aliphatic heterocycles. The Balaban J connectivity index is 1.68. The summed E-state index contributed by atoms with van der Waals surface area (Å²) in [5.41, 5.74) is 0.768. The van der Waals surface area contributed by atoms with Crippen LogP contribution in [0.25, 0.3) is 0 Å². The molecule has 8 nitrogen and oxygen atoms in total. The molecule has 1 aliphatic rings. The van der Waals surface area contributed by atoms with Crippen molar-refractivity contribution < 1.29 is 37.8 Å². The minimum atomic E-state index is -2.45. The largest absolute Gasteiger partial charge is 0.457 e. The molecule has 0 saturated carbocycles. The van der Waals surface area contributed by atoms with Crippen LogP contribution in [-0.2, 0) is 25.5 Å². The van der Waals surface area contributed by atoms with Gasteiger partial charge in [-0.2, -0.15) is 0 Å². The second-order valence-electron chi connectivity index (χ2n) is 6.75. The van der Waals surface area contributed by atoms with E-state index in [1.165, 1.54) is 25.3 Å². The number of amides is 1. The fourth-order valence-corrected chi connectivity index (χ4v) is 2.92. The molecule has 1 aromatic heterocycles. The summed E-state index contributed by atoms with van der Waals surface area (Å²) in [6, 6.07) is 8.72. The smallest absolute Gasteiger partial charge is 0.282 e. The lowest BCUT2D eigenvalue weighted by atomic mass is 10.00. The zero-order chi connectivity index (χ0) is 21.7. The summed E-state index contributed by atoms with van der Waals surface area (Å²) in [4.78, 5) is 36.2. The third-order valence-corrected chi connectivity index (χ3v) is 4.30. The van der Waals surface area contributed by atoms with E-state index in [0.717, 1.165) is 11.6 Å². The first kappa shape index (κ1) is 21.4. The van der Waals surface area contributed by atoms with E-state index >= 15 is 0 Å². The van der Waals surface area contributed by atoms with Crippen LogP contribution in [0.5, 0.6) is 0 Å². The van der Waals surface area contributed by atoms with Crippen molar-refractivity contribution in [1.82, 2.24) is 5.32 Å². The molecule has 0 bridgehead atoms. The summed E-state index contributed by atoms with van der Waals surface area (Å²) in [6.45, 7) is -0.384. The number of carbonyl (C=O) groups excluding carboxylic acids is 3. The van der Waals surface area contributed by atoms with Crippen LogP contribution in [0, 0.1) is 5.82 Å². The van der Waals surface area contributed by atoms with Gasteiger partial charge in [0.15, 0.2) is 11.5 Å². The van der Waals surface area contributed by atoms with Crippen molar-refractivity contribution in [2.75, 3.05) is 20.3 Å². The molecule has 0 spiro atoms. The number of rotatable bonds is 8.